The fourth-order valence-corrected chi connectivity index (χ4v) is 3.73. The Kier molecular flexibility index (Phi) is 5.61. The fourth-order valence-electron chi connectivity index (χ4n) is 2.91. The number of amides is 1. The summed E-state index contributed by atoms with van der Waals surface area (Å²) in [7, 11) is 0. The first-order chi connectivity index (χ1) is 15.3. The van der Waals surface area contributed by atoms with E-state index < -0.39 is 10.9 Å². The zero-order chi connectivity index (χ0) is 22.8. The molecule has 1 fully saturated rings. The van der Waals surface area contributed by atoms with Crippen molar-refractivity contribution >= 4 is 46.3 Å². The van der Waals surface area contributed by atoms with Crippen LogP contribution in [-0.4, -0.2) is 27.1 Å². The van der Waals surface area contributed by atoms with E-state index in [2.05, 4.69) is 10.3 Å². The minimum absolute atomic E-state index is 0.0161. The number of nitrogens with zero attached hydrogens (tertiary/aromatic N) is 2. The molecule has 0 bridgehead atoms. The van der Waals surface area contributed by atoms with Gasteiger partial charge in [0.25, 0.3) is 11.6 Å². The van der Waals surface area contributed by atoms with Crippen LogP contribution in [0, 0.1) is 17.0 Å². The Morgan fingerprint density at radius 3 is 2.62 bits per heavy atom. The third kappa shape index (κ3) is 4.44. The van der Waals surface area contributed by atoms with Gasteiger partial charge < -0.3 is 14.8 Å². The summed E-state index contributed by atoms with van der Waals surface area (Å²) in [4.78, 5) is 38.6. The summed E-state index contributed by atoms with van der Waals surface area (Å²) in [5, 5.41) is 22.9. The minimum atomic E-state index is -1.06. The number of non-ortho nitro benzene ring substituents is 1. The molecule has 1 aliphatic rings. The van der Waals surface area contributed by atoms with E-state index in [-0.39, 0.29) is 17.2 Å². The number of carboxylic acid groups (broad SMARTS) is 1. The molecule has 1 aromatic heterocycles. The molecule has 0 spiro atoms. The highest BCUT2D eigenvalue weighted by molar-refractivity contribution is 8.18. The van der Waals surface area contributed by atoms with Crippen molar-refractivity contribution < 1.29 is 24.0 Å². The Hall–Kier alpha value is -4.18. The molecule has 9 nitrogen and oxygen atoms in total. The largest absolute Gasteiger partial charge is 0.478 e. The molecule has 4 rings (SSSR count). The Morgan fingerprint density at radius 2 is 1.94 bits per heavy atom. The van der Waals surface area contributed by atoms with Crippen molar-refractivity contribution in [1.29, 1.82) is 0 Å². The van der Waals surface area contributed by atoms with E-state index in [1.165, 1.54) is 24.3 Å². The van der Waals surface area contributed by atoms with Crippen LogP contribution in [0.5, 0.6) is 0 Å². The van der Waals surface area contributed by atoms with E-state index in [0.717, 1.165) is 17.3 Å². The number of aryl methyl sites for hydroxylation is 1. The van der Waals surface area contributed by atoms with Crippen LogP contribution in [0.4, 0.5) is 11.4 Å². The van der Waals surface area contributed by atoms with Crippen LogP contribution in [0.1, 0.15) is 21.7 Å². The number of thioether (sulfide) groups is 1. The summed E-state index contributed by atoms with van der Waals surface area (Å²) in [5.41, 5.74) is 1.98. The number of carbonyl (C=O) groups is 2. The molecule has 0 atom stereocenters. The Bertz CT molecular complexity index is 1310. The fraction of sp³-hybridized carbons (Fsp3) is 0.0455. The standard InChI is InChI=1S/C22H15N3O6S/c1-12-2-3-14(21(27)28)10-17(12)23-22-24-20(26)19(32-22)11-16-8-9-18(31-16)13-4-6-15(7-5-13)25(29)30/h2-11H,1H3,(H,27,28)(H,23,24,26). The normalized spacial score (nSPS) is 15.8. The second kappa shape index (κ2) is 8.52. The van der Waals surface area contributed by atoms with E-state index in [1.54, 1.807) is 43.3 Å². The number of furan rings is 1. The van der Waals surface area contributed by atoms with Crippen LogP contribution in [0.15, 0.2) is 68.9 Å². The SMILES string of the molecule is Cc1ccc(C(=O)O)cc1N=C1NC(=O)C(=Cc2ccc(-c3ccc([N+](=O)[O-])cc3)o2)S1. The van der Waals surface area contributed by atoms with Gasteiger partial charge in [0, 0.05) is 23.8 Å². The number of amidine groups is 1. The summed E-state index contributed by atoms with van der Waals surface area (Å²) in [6.07, 6.45) is 1.57. The molecule has 32 heavy (non-hydrogen) atoms. The van der Waals surface area contributed by atoms with E-state index in [9.17, 15) is 19.7 Å². The molecule has 1 saturated heterocycles. The first kappa shape index (κ1) is 21.1. The van der Waals surface area contributed by atoms with Gasteiger partial charge in [0.1, 0.15) is 11.5 Å². The molecule has 1 amide bonds. The van der Waals surface area contributed by atoms with Gasteiger partial charge >= 0.3 is 5.97 Å². The van der Waals surface area contributed by atoms with Gasteiger partial charge in [-0.1, -0.05) is 6.07 Å². The third-order valence-corrected chi connectivity index (χ3v) is 5.50. The zero-order valence-corrected chi connectivity index (χ0v) is 17.4. The highest BCUT2D eigenvalue weighted by atomic mass is 32.2. The molecule has 3 aromatic rings. The average molecular weight is 449 g/mol. The van der Waals surface area contributed by atoms with Crippen LogP contribution >= 0.6 is 11.8 Å². The number of hydrogen-bond donors (Lipinski definition) is 2. The van der Waals surface area contributed by atoms with Crippen LogP contribution in [0.2, 0.25) is 0 Å². The van der Waals surface area contributed by atoms with Crippen molar-refractivity contribution in [1.82, 2.24) is 5.32 Å². The van der Waals surface area contributed by atoms with Crippen LogP contribution < -0.4 is 5.32 Å². The van der Waals surface area contributed by atoms with Crippen molar-refractivity contribution in [3.05, 3.63) is 86.5 Å². The van der Waals surface area contributed by atoms with Gasteiger partial charge in [-0.05, 0) is 60.6 Å². The number of aliphatic imine (C=N–C) groups is 1. The first-order valence-corrected chi connectivity index (χ1v) is 10.1. The second-order valence-corrected chi connectivity index (χ2v) is 7.82. The highest BCUT2D eigenvalue weighted by Crippen LogP contribution is 2.31. The number of hydrogen-bond acceptors (Lipinski definition) is 7. The number of nitro benzene ring substituents is 1. The molecule has 0 saturated carbocycles. The number of benzene rings is 2. The maximum Gasteiger partial charge on any atom is 0.335 e. The summed E-state index contributed by atoms with van der Waals surface area (Å²) in [6, 6.07) is 13.9. The minimum Gasteiger partial charge on any atom is -0.478 e. The predicted octanol–water partition coefficient (Wildman–Crippen LogP) is 4.75. The molecule has 2 aromatic carbocycles. The maximum atomic E-state index is 12.3. The molecule has 10 heteroatoms. The Morgan fingerprint density at radius 1 is 1.19 bits per heavy atom. The predicted molar refractivity (Wildman–Crippen MR) is 120 cm³/mol. The molecule has 2 heterocycles. The lowest BCUT2D eigenvalue weighted by Crippen LogP contribution is -2.19. The summed E-state index contributed by atoms with van der Waals surface area (Å²) in [5.74, 6) is -0.475. The first-order valence-electron chi connectivity index (χ1n) is 9.28. The summed E-state index contributed by atoms with van der Waals surface area (Å²) in [6.45, 7) is 1.80. The van der Waals surface area contributed by atoms with E-state index in [1.807, 2.05) is 0 Å². The molecular weight excluding hydrogens is 434 g/mol. The second-order valence-electron chi connectivity index (χ2n) is 6.79. The van der Waals surface area contributed by atoms with Gasteiger partial charge in [0.2, 0.25) is 0 Å². The van der Waals surface area contributed by atoms with Gasteiger partial charge in [-0.25, -0.2) is 9.79 Å². The van der Waals surface area contributed by atoms with Gasteiger partial charge in [-0.3, -0.25) is 14.9 Å². The smallest absolute Gasteiger partial charge is 0.335 e. The third-order valence-electron chi connectivity index (χ3n) is 4.59. The van der Waals surface area contributed by atoms with E-state index in [4.69, 9.17) is 9.52 Å². The van der Waals surface area contributed by atoms with E-state index >= 15 is 0 Å². The zero-order valence-electron chi connectivity index (χ0n) is 16.6. The number of aromatic carboxylic acids is 1. The number of nitrogens with one attached hydrogen (secondary N) is 1. The quantitative estimate of drug-likeness (QED) is 0.326. The number of carbonyl (C=O) groups excluding carboxylic acids is 1. The summed E-state index contributed by atoms with van der Waals surface area (Å²) < 4.78 is 5.75. The molecule has 2 N–H and O–H groups in total. The number of carboxylic acids is 1. The highest BCUT2D eigenvalue weighted by Gasteiger charge is 2.24. The lowest BCUT2D eigenvalue weighted by molar-refractivity contribution is -0.384. The van der Waals surface area contributed by atoms with Crippen molar-refractivity contribution in [2.75, 3.05) is 0 Å². The number of nitro groups is 1. The molecule has 0 radical (unpaired) electrons. The van der Waals surface area contributed by atoms with Gasteiger partial charge in [-0.2, -0.15) is 0 Å². The molecule has 160 valence electrons. The summed E-state index contributed by atoms with van der Waals surface area (Å²) >= 11 is 1.11. The van der Waals surface area contributed by atoms with Crippen LogP contribution in [0.25, 0.3) is 17.4 Å². The maximum absolute atomic E-state index is 12.3. The van der Waals surface area contributed by atoms with Crippen molar-refractivity contribution in [2.45, 2.75) is 6.92 Å². The molecule has 0 unspecified atom stereocenters. The van der Waals surface area contributed by atoms with Gasteiger partial charge in [-0.15, -0.1) is 0 Å². The average Bonchev–Trinajstić information content (AvgIpc) is 3.36. The molecule has 1 aliphatic heterocycles. The lowest BCUT2D eigenvalue weighted by atomic mass is 10.1. The Labute approximate surface area is 185 Å². The number of rotatable bonds is 5. The van der Waals surface area contributed by atoms with Gasteiger partial charge in [0.15, 0.2) is 5.17 Å². The Balaban J connectivity index is 1.54. The van der Waals surface area contributed by atoms with E-state index in [0.29, 0.717) is 32.8 Å². The van der Waals surface area contributed by atoms with Gasteiger partial charge in [0.05, 0.1) is 21.1 Å². The monoisotopic (exact) mass is 449 g/mol. The van der Waals surface area contributed by atoms with Crippen LogP contribution in [-0.2, 0) is 4.79 Å². The van der Waals surface area contributed by atoms with Crippen molar-refractivity contribution in [2.24, 2.45) is 4.99 Å². The topological polar surface area (TPSA) is 135 Å². The molecule has 0 aliphatic carbocycles. The molecular formula is C22H15N3O6S. The van der Waals surface area contributed by atoms with Crippen molar-refractivity contribution in [3.8, 4) is 11.3 Å². The lowest BCUT2D eigenvalue weighted by Gasteiger charge is -2.03. The van der Waals surface area contributed by atoms with Crippen molar-refractivity contribution in [3.63, 3.8) is 0 Å². The van der Waals surface area contributed by atoms with Crippen LogP contribution in [0.3, 0.4) is 0 Å².